The zero-order chi connectivity index (χ0) is 17.9. The summed E-state index contributed by atoms with van der Waals surface area (Å²) < 4.78 is 0. The quantitative estimate of drug-likeness (QED) is 0.834. The predicted molar refractivity (Wildman–Crippen MR) is 101 cm³/mol. The molecule has 1 atom stereocenters. The van der Waals surface area contributed by atoms with Crippen LogP contribution in [0, 0.1) is 0 Å². The summed E-state index contributed by atoms with van der Waals surface area (Å²) in [6.07, 6.45) is 6.23. The molecule has 0 spiro atoms. The van der Waals surface area contributed by atoms with Gasteiger partial charge in [0.2, 0.25) is 11.8 Å². The second-order valence-electron chi connectivity index (χ2n) is 7.85. The Kier molecular flexibility index (Phi) is 5.25. The number of fused-ring (bicyclic) bond motifs is 1. The average molecular weight is 355 g/mol. The summed E-state index contributed by atoms with van der Waals surface area (Å²) in [5, 5.41) is 0. The molecule has 3 aliphatic rings. The number of nitrogens with zero attached hydrogens (tertiary/aromatic N) is 3. The maximum atomic E-state index is 12.9. The van der Waals surface area contributed by atoms with Gasteiger partial charge in [-0.2, -0.15) is 0 Å². The van der Waals surface area contributed by atoms with Crippen molar-refractivity contribution in [3.05, 3.63) is 35.4 Å². The van der Waals surface area contributed by atoms with E-state index in [4.69, 9.17) is 0 Å². The van der Waals surface area contributed by atoms with Crippen LogP contribution in [0.4, 0.5) is 0 Å². The van der Waals surface area contributed by atoms with E-state index in [9.17, 15) is 9.59 Å². The van der Waals surface area contributed by atoms with Crippen molar-refractivity contribution >= 4 is 11.8 Å². The molecular formula is C21H29N3O2. The van der Waals surface area contributed by atoms with Crippen molar-refractivity contribution < 1.29 is 9.59 Å². The molecule has 2 fully saturated rings. The first-order chi connectivity index (χ1) is 12.7. The minimum atomic E-state index is -0.0946. The number of carbonyl (C=O) groups is 2. The van der Waals surface area contributed by atoms with Crippen molar-refractivity contribution in [1.82, 2.24) is 14.7 Å². The van der Waals surface area contributed by atoms with Crippen LogP contribution in [-0.2, 0) is 22.6 Å². The molecule has 1 aromatic carbocycles. The van der Waals surface area contributed by atoms with Crippen LogP contribution in [0.3, 0.4) is 0 Å². The third-order valence-corrected chi connectivity index (χ3v) is 6.14. The molecule has 4 rings (SSSR count). The first-order valence-electron chi connectivity index (χ1n) is 10.1. The van der Waals surface area contributed by atoms with E-state index in [1.54, 1.807) is 0 Å². The SMILES string of the molecule is O=C(CN1CCCCC1C(=O)N1CCCC1)N1CCc2ccccc2C1. The van der Waals surface area contributed by atoms with Gasteiger partial charge in [-0.3, -0.25) is 14.5 Å². The Balaban J connectivity index is 1.40. The Morgan fingerprint density at radius 1 is 0.885 bits per heavy atom. The molecule has 26 heavy (non-hydrogen) atoms. The van der Waals surface area contributed by atoms with Gasteiger partial charge in [0.15, 0.2) is 0 Å². The van der Waals surface area contributed by atoms with Crippen LogP contribution in [0.25, 0.3) is 0 Å². The van der Waals surface area contributed by atoms with Gasteiger partial charge in [-0.25, -0.2) is 0 Å². The largest absolute Gasteiger partial charge is 0.341 e. The van der Waals surface area contributed by atoms with Gasteiger partial charge in [-0.05, 0) is 49.8 Å². The number of hydrogen-bond acceptors (Lipinski definition) is 3. The number of hydrogen-bond donors (Lipinski definition) is 0. The molecule has 1 unspecified atom stereocenters. The fourth-order valence-electron chi connectivity index (χ4n) is 4.59. The summed E-state index contributed by atoms with van der Waals surface area (Å²) in [5.74, 6) is 0.416. The molecule has 140 valence electrons. The molecule has 0 bridgehead atoms. The Labute approximate surface area is 155 Å². The van der Waals surface area contributed by atoms with Crippen molar-refractivity contribution in [2.45, 2.75) is 51.1 Å². The highest BCUT2D eigenvalue weighted by molar-refractivity contribution is 5.84. The number of carbonyl (C=O) groups excluding carboxylic acids is 2. The summed E-state index contributed by atoms with van der Waals surface area (Å²) >= 11 is 0. The fourth-order valence-corrected chi connectivity index (χ4v) is 4.59. The summed E-state index contributed by atoms with van der Waals surface area (Å²) in [4.78, 5) is 31.9. The van der Waals surface area contributed by atoms with Crippen LogP contribution in [0.15, 0.2) is 24.3 Å². The van der Waals surface area contributed by atoms with E-state index < -0.39 is 0 Å². The van der Waals surface area contributed by atoms with Gasteiger partial charge in [0.25, 0.3) is 0 Å². The van der Waals surface area contributed by atoms with Gasteiger partial charge in [0, 0.05) is 26.2 Å². The molecule has 0 N–H and O–H groups in total. The van der Waals surface area contributed by atoms with E-state index >= 15 is 0 Å². The van der Waals surface area contributed by atoms with E-state index in [1.165, 1.54) is 11.1 Å². The van der Waals surface area contributed by atoms with Crippen molar-refractivity contribution in [2.24, 2.45) is 0 Å². The van der Waals surface area contributed by atoms with Crippen LogP contribution in [0.1, 0.15) is 43.2 Å². The normalized spacial score (nSPS) is 23.8. The highest BCUT2D eigenvalue weighted by atomic mass is 16.2. The zero-order valence-electron chi connectivity index (χ0n) is 15.5. The number of likely N-dealkylation sites (tertiary alicyclic amines) is 2. The fraction of sp³-hybridized carbons (Fsp3) is 0.619. The standard InChI is InChI=1S/C21H29N3O2/c25-20(24-14-10-17-7-1-2-8-18(17)15-24)16-23-13-4-3-9-19(23)21(26)22-11-5-6-12-22/h1-2,7-8,19H,3-6,9-16H2. The van der Waals surface area contributed by atoms with E-state index in [0.29, 0.717) is 13.1 Å². The second kappa shape index (κ2) is 7.78. The smallest absolute Gasteiger partial charge is 0.239 e. The van der Waals surface area contributed by atoms with E-state index in [1.807, 2.05) is 15.9 Å². The monoisotopic (exact) mass is 355 g/mol. The lowest BCUT2D eigenvalue weighted by molar-refractivity contribution is -0.140. The Morgan fingerprint density at radius 3 is 2.42 bits per heavy atom. The molecule has 5 heteroatoms. The lowest BCUT2D eigenvalue weighted by atomic mass is 9.99. The van der Waals surface area contributed by atoms with Crippen LogP contribution in [0.5, 0.6) is 0 Å². The Bertz CT molecular complexity index is 669. The maximum Gasteiger partial charge on any atom is 0.239 e. The zero-order valence-corrected chi connectivity index (χ0v) is 15.5. The van der Waals surface area contributed by atoms with Crippen molar-refractivity contribution in [3.63, 3.8) is 0 Å². The second-order valence-corrected chi connectivity index (χ2v) is 7.85. The van der Waals surface area contributed by atoms with Crippen molar-refractivity contribution in [1.29, 1.82) is 0 Å². The Morgan fingerprint density at radius 2 is 1.62 bits per heavy atom. The highest BCUT2D eigenvalue weighted by Crippen LogP contribution is 2.23. The first kappa shape index (κ1) is 17.5. The third-order valence-electron chi connectivity index (χ3n) is 6.14. The minimum absolute atomic E-state index is 0.0946. The molecule has 2 saturated heterocycles. The van der Waals surface area contributed by atoms with Crippen molar-refractivity contribution in [2.75, 3.05) is 32.7 Å². The number of amides is 2. The predicted octanol–water partition coefficient (Wildman–Crippen LogP) is 2.05. The molecule has 0 aromatic heterocycles. The van der Waals surface area contributed by atoms with Gasteiger partial charge in [-0.15, -0.1) is 0 Å². The Hall–Kier alpha value is -1.88. The maximum absolute atomic E-state index is 12.9. The van der Waals surface area contributed by atoms with E-state index in [2.05, 4.69) is 23.1 Å². The topological polar surface area (TPSA) is 43.9 Å². The summed E-state index contributed by atoms with van der Waals surface area (Å²) in [6.45, 7) is 4.51. The summed E-state index contributed by atoms with van der Waals surface area (Å²) in [6, 6.07) is 8.30. The molecule has 2 amide bonds. The van der Waals surface area contributed by atoms with Crippen LogP contribution in [-0.4, -0.2) is 65.3 Å². The van der Waals surface area contributed by atoms with E-state index in [-0.39, 0.29) is 17.9 Å². The molecule has 0 aliphatic carbocycles. The number of benzene rings is 1. The van der Waals surface area contributed by atoms with Crippen molar-refractivity contribution in [3.8, 4) is 0 Å². The number of rotatable bonds is 3. The lowest BCUT2D eigenvalue weighted by Crippen LogP contribution is -2.53. The molecule has 0 saturated carbocycles. The van der Waals surface area contributed by atoms with Gasteiger partial charge in [0.1, 0.15) is 0 Å². The average Bonchev–Trinajstić information content (AvgIpc) is 3.22. The van der Waals surface area contributed by atoms with Crippen LogP contribution < -0.4 is 0 Å². The van der Waals surface area contributed by atoms with Crippen LogP contribution in [0.2, 0.25) is 0 Å². The molecule has 1 aromatic rings. The lowest BCUT2D eigenvalue weighted by Gasteiger charge is -2.38. The molecule has 3 heterocycles. The minimum Gasteiger partial charge on any atom is -0.341 e. The summed E-state index contributed by atoms with van der Waals surface area (Å²) in [5.41, 5.74) is 2.62. The third kappa shape index (κ3) is 3.63. The first-order valence-corrected chi connectivity index (χ1v) is 10.1. The van der Waals surface area contributed by atoms with Gasteiger partial charge in [-0.1, -0.05) is 30.7 Å². The molecular weight excluding hydrogens is 326 g/mol. The molecule has 3 aliphatic heterocycles. The van der Waals surface area contributed by atoms with Crippen LogP contribution >= 0.6 is 0 Å². The summed E-state index contributed by atoms with van der Waals surface area (Å²) in [7, 11) is 0. The van der Waals surface area contributed by atoms with E-state index in [0.717, 1.165) is 64.7 Å². The molecule has 5 nitrogen and oxygen atoms in total. The highest BCUT2D eigenvalue weighted by Gasteiger charge is 2.34. The number of piperidine rings is 1. The van der Waals surface area contributed by atoms with Gasteiger partial charge in [0.05, 0.1) is 12.6 Å². The molecule has 0 radical (unpaired) electrons. The van der Waals surface area contributed by atoms with Gasteiger partial charge < -0.3 is 9.80 Å². The van der Waals surface area contributed by atoms with Gasteiger partial charge >= 0.3 is 0 Å².